The molecule has 22 heavy (non-hydrogen) atoms. The van der Waals surface area contributed by atoms with Gasteiger partial charge < -0.3 is 4.90 Å². The van der Waals surface area contributed by atoms with Crippen molar-refractivity contribution in [1.29, 1.82) is 0 Å². The van der Waals surface area contributed by atoms with Crippen LogP contribution in [-0.4, -0.2) is 18.0 Å². The van der Waals surface area contributed by atoms with Gasteiger partial charge in [-0.1, -0.05) is 12.1 Å². The van der Waals surface area contributed by atoms with Gasteiger partial charge in [-0.25, -0.2) is 0 Å². The number of azo groups is 1. The summed E-state index contributed by atoms with van der Waals surface area (Å²) in [4.78, 5) is 12.7. The van der Waals surface area contributed by atoms with Gasteiger partial charge in [-0.15, -0.1) is 5.11 Å². The average molecular weight is 298 g/mol. The molecule has 0 saturated heterocycles. The van der Waals surface area contributed by atoms with Crippen molar-refractivity contribution in [3.63, 3.8) is 0 Å². The maximum absolute atomic E-state index is 10.9. The molecule has 0 heterocycles. The van der Waals surface area contributed by atoms with Gasteiger partial charge in [0.25, 0.3) is 5.69 Å². The lowest BCUT2D eigenvalue weighted by Gasteiger charge is -2.20. The Kier molecular flexibility index (Phi) is 5.19. The van der Waals surface area contributed by atoms with E-state index in [1.54, 1.807) is 18.2 Å². The van der Waals surface area contributed by atoms with Gasteiger partial charge in [0, 0.05) is 24.8 Å². The molecule has 6 heteroatoms. The fraction of sp³-hybridized carbons (Fsp3) is 0.250. The van der Waals surface area contributed by atoms with Crippen molar-refractivity contribution in [1.82, 2.24) is 0 Å². The molecule has 0 amide bonds. The van der Waals surface area contributed by atoms with Crippen molar-refractivity contribution in [2.75, 3.05) is 18.0 Å². The second kappa shape index (κ2) is 7.31. The van der Waals surface area contributed by atoms with Crippen molar-refractivity contribution in [2.45, 2.75) is 13.8 Å². The fourth-order valence-electron chi connectivity index (χ4n) is 2.13. The van der Waals surface area contributed by atoms with Gasteiger partial charge in [0.15, 0.2) is 5.69 Å². The summed E-state index contributed by atoms with van der Waals surface area (Å²) in [5, 5.41) is 19.0. The second-order valence-electron chi connectivity index (χ2n) is 4.63. The van der Waals surface area contributed by atoms with E-state index in [2.05, 4.69) is 29.0 Å². The molecule has 0 aromatic heterocycles. The number of nitro groups is 1. The van der Waals surface area contributed by atoms with Crippen molar-refractivity contribution in [3.8, 4) is 0 Å². The highest BCUT2D eigenvalue weighted by Crippen LogP contribution is 2.28. The number of hydrogen-bond donors (Lipinski definition) is 0. The second-order valence-corrected chi connectivity index (χ2v) is 4.63. The number of anilines is 1. The van der Waals surface area contributed by atoms with E-state index in [4.69, 9.17) is 0 Å². The molecular formula is C16H18N4O2. The van der Waals surface area contributed by atoms with Crippen LogP contribution in [0.3, 0.4) is 0 Å². The molecule has 6 nitrogen and oxygen atoms in total. The van der Waals surface area contributed by atoms with Crippen molar-refractivity contribution in [3.05, 3.63) is 58.6 Å². The molecule has 2 aromatic carbocycles. The van der Waals surface area contributed by atoms with Gasteiger partial charge in [-0.2, -0.15) is 5.11 Å². The molecule has 0 N–H and O–H groups in total. The van der Waals surface area contributed by atoms with E-state index in [0.717, 1.165) is 18.8 Å². The summed E-state index contributed by atoms with van der Waals surface area (Å²) in [7, 11) is 0. The number of nitrogens with zero attached hydrogens (tertiary/aromatic N) is 4. The molecule has 2 aromatic rings. The Morgan fingerprint density at radius 3 is 2.23 bits per heavy atom. The summed E-state index contributed by atoms with van der Waals surface area (Å²) in [5.41, 5.74) is 1.98. The third-order valence-corrected chi connectivity index (χ3v) is 3.33. The summed E-state index contributed by atoms with van der Waals surface area (Å²) in [6, 6.07) is 13.9. The summed E-state index contributed by atoms with van der Waals surface area (Å²) in [6.07, 6.45) is 0. The Labute approximate surface area is 129 Å². The van der Waals surface area contributed by atoms with Gasteiger partial charge in [-0.3, -0.25) is 10.1 Å². The highest BCUT2D eigenvalue weighted by Gasteiger charge is 2.11. The van der Waals surface area contributed by atoms with Gasteiger partial charge in [0.1, 0.15) is 0 Å². The molecule has 0 bridgehead atoms. The van der Waals surface area contributed by atoms with Crippen LogP contribution < -0.4 is 4.90 Å². The lowest BCUT2D eigenvalue weighted by molar-refractivity contribution is -0.384. The molecule has 0 aliphatic rings. The van der Waals surface area contributed by atoms with Gasteiger partial charge in [0.2, 0.25) is 0 Å². The first-order valence-corrected chi connectivity index (χ1v) is 7.15. The number of hydrogen-bond acceptors (Lipinski definition) is 5. The van der Waals surface area contributed by atoms with E-state index < -0.39 is 4.92 Å². The van der Waals surface area contributed by atoms with Crippen molar-refractivity contribution in [2.24, 2.45) is 10.2 Å². The van der Waals surface area contributed by atoms with Crippen LogP contribution in [0.1, 0.15) is 13.8 Å². The Balaban J connectivity index is 2.19. The van der Waals surface area contributed by atoms with Crippen LogP contribution >= 0.6 is 0 Å². The molecule has 0 saturated carbocycles. The van der Waals surface area contributed by atoms with Crippen molar-refractivity contribution >= 4 is 22.7 Å². The van der Waals surface area contributed by atoms with Gasteiger partial charge in [0.05, 0.1) is 10.6 Å². The zero-order valence-corrected chi connectivity index (χ0v) is 12.6. The molecular weight excluding hydrogens is 280 g/mol. The summed E-state index contributed by atoms with van der Waals surface area (Å²) in [6.45, 7) is 6.08. The van der Waals surface area contributed by atoms with Gasteiger partial charge in [-0.05, 0) is 44.2 Å². The molecule has 0 spiro atoms. The maximum Gasteiger partial charge on any atom is 0.296 e. The van der Waals surface area contributed by atoms with Crippen molar-refractivity contribution < 1.29 is 4.92 Å². The lowest BCUT2D eigenvalue weighted by atomic mass is 10.2. The van der Waals surface area contributed by atoms with Crippen LogP contribution in [0.4, 0.5) is 22.7 Å². The topological polar surface area (TPSA) is 71.1 Å². The minimum atomic E-state index is -0.460. The zero-order valence-electron chi connectivity index (χ0n) is 12.6. The average Bonchev–Trinajstić information content (AvgIpc) is 2.55. The van der Waals surface area contributed by atoms with E-state index in [1.807, 2.05) is 24.3 Å². The van der Waals surface area contributed by atoms with E-state index in [1.165, 1.54) is 6.07 Å². The monoisotopic (exact) mass is 298 g/mol. The van der Waals surface area contributed by atoms with Crippen LogP contribution in [0, 0.1) is 10.1 Å². The minimum Gasteiger partial charge on any atom is -0.372 e. The van der Waals surface area contributed by atoms with E-state index in [0.29, 0.717) is 5.69 Å². The summed E-state index contributed by atoms with van der Waals surface area (Å²) >= 11 is 0. The zero-order chi connectivity index (χ0) is 15.9. The number of para-hydroxylation sites is 1. The number of benzene rings is 2. The highest BCUT2D eigenvalue weighted by atomic mass is 16.6. The third-order valence-electron chi connectivity index (χ3n) is 3.33. The van der Waals surface area contributed by atoms with Gasteiger partial charge >= 0.3 is 0 Å². The highest BCUT2D eigenvalue weighted by molar-refractivity contribution is 5.57. The first-order valence-electron chi connectivity index (χ1n) is 7.15. The standard InChI is InChI=1S/C16H18N4O2/c1-3-19(4-2)14-11-9-13(10-12-14)17-18-15-7-5-6-8-16(15)20(21)22/h5-12H,3-4H2,1-2H3. The quantitative estimate of drug-likeness (QED) is 0.434. The van der Waals surface area contributed by atoms with Crippen LogP contribution in [0.5, 0.6) is 0 Å². The Morgan fingerprint density at radius 1 is 1.00 bits per heavy atom. The Morgan fingerprint density at radius 2 is 1.64 bits per heavy atom. The smallest absolute Gasteiger partial charge is 0.296 e. The van der Waals surface area contributed by atoms with E-state index in [-0.39, 0.29) is 11.4 Å². The van der Waals surface area contributed by atoms with Crippen LogP contribution in [0.15, 0.2) is 58.8 Å². The van der Waals surface area contributed by atoms with Crippen LogP contribution in [-0.2, 0) is 0 Å². The Hall–Kier alpha value is -2.76. The maximum atomic E-state index is 10.9. The number of rotatable bonds is 6. The lowest BCUT2D eigenvalue weighted by Crippen LogP contribution is -2.21. The number of nitro benzene ring substituents is 1. The van der Waals surface area contributed by atoms with Crippen LogP contribution in [0.2, 0.25) is 0 Å². The molecule has 2 rings (SSSR count). The molecule has 0 radical (unpaired) electrons. The Bertz CT molecular complexity index is 664. The molecule has 114 valence electrons. The molecule has 0 aliphatic heterocycles. The predicted molar refractivity (Wildman–Crippen MR) is 87.3 cm³/mol. The normalized spacial score (nSPS) is 10.8. The first-order chi connectivity index (χ1) is 10.7. The van der Waals surface area contributed by atoms with E-state index in [9.17, 15) is 10.1 Å². The predicted octanol–water partition coefficient (Wildman–Crippen LogP) is 4.86. The fourth-order valence-corrected chi connectivity index (χ4v) is 2.13. The molecule has 0 aliphatic carbocycles. The minimum absolute atomic E-state index is 0.0500. The molecule has 0 fully saturated rings. The first kappa shape index (κ1) is 15.6. The molecule has 0 atom stereocenters. The summed E-state index contributed by atoms with van der Waals surface area (Å²) in [5.74, 6) is 0. The SMILES string of the molecule is CCN(CC)c1ccc(N=Nc2ccccc2[N+](=O)[O-])cc1. The third kappa shape index (κ3) is 3.66. The van der Waals surface area contributed by atoms with E-state index >= 15 is 0 Å². The van der Waals surface area contributed by atoms with Crippen LogP contribution in [0.25, 0.3) is 0 Å². The summed E-state index contributed by atoms with van der Waals surface area (Å²) < 4.78 is 0. The molecule has 0 unspecified atom stereocenters. The largest absolute Gasteiger partial charge is 0.372 e.